The van der Waals surface area contributed by atoms with E-state index in [2.05, 4.69) is 5.32 Å². The van der Waals surface area contributed by atoms with E-state index < -0.39 is 11.4 Å². The maximum Gasteiger partial charge on any atom is 0.303 e. The van der Waals surface area contributed by atoms with E-state index in [1.165, 1.54) is 14.2 Å². The summed E-state index contributed by atoms with van der Waals surface area (Å²) in [7, 11) is 2.94. The molecule has 0 radical (unpaired) electrons. The van der Waals surface area contributed by atoms with Gasteiger partial charge in [0.2, 0.25) is 5.91 Å². The van der Waals surface area contributed by atoms with Crippen LogP contribution in [0, 0.1) is 5.41 Å². The lowest BCUT2D eigenvalue weighted by Crippen LogP contribution is -2.27. The summed E-state index contributed by atoms with van der Waals surface area (Å²) in [4.78, 5) is 23.2. The van der Waals surface area contributed by atoms with E-state index in [1.807, 2.05) is 6.92 Å². The summed E-state index contributed by atoms with van der Waals surface area (Å²) < 4.78 is 10.3. The van der Waals surface area contributed by atoms with Crippen molar-refractivity contribution in [2.45, 2.75) is 33.1 Å². The van der Waals surface area contributed by atoms with Crippen molar-refractivity contribution < 1.29 is 24.2 Å². The normalized spacial score (nSPS) is 13.1. The number of methoxy groups -OCH3 is 2. The van der Waals surface area contributed by atoms with Crippen LogP contribution in [0.1, 0.15) is 33.1 Å². The highest BCUT2D eigenvalue weighted by molar-refractivity contribution is 6.32. The van der Waals surface area contributed by atoms with Crippen molar-refractivity contribution in [1.29, 1.82) is 0 Å². The zero-order chi connectivity index (χ0) is 17.6. The van der Waals surface area contributed by atoms with Crippen LogP contribution >= 0.6 is 11.6 Å². The molecule has 1 rings (SSSR count). The number of carbonyl (C=O) groups is 2. The number of halogens is 1. The molecule has 0 aliphatic carbocycles. The van der Waals surface area contributed by atoms with Crippen molar-refractivity contribution in [3.8, 4) is 11.5 Å². The van der Waals surface area contributed by atoms with E-state index in [-0.39, 0.29) is 18.7 Å². The highest BCUT2D eigenvalue weighted by atomic mass is 35.5. The molecule has 0 fully saturated rings. The quantitative estimate of drug-likeness (QED) is 0.753. The zero-order valence-corrected chi connectivity index (χ0v) is 14.5. The van der Waals surface area contributed by atoms with Crippen molar-refractivity contribution in [1.82, 2.24) is 0 Å². The lowest BCUT2D eigenvalue weighted by Gasteiger charge is -2.25. The molecule has 1 amide bonds. The minimum absolute atomic E-state index is 0.0714. The molecule has 23 heavy (non-hydrogen) atoms. The Morgan fingerprint density at radius 2 is 1.83 bits per heavy atom. The predicted molar refractivity (Wildman–Crippen MR) is 88.5 cm³/mol. The Bertz CT molecular complexity index is 590. The number of hydrogen-bond donors (Lipinski definition) is 2. The van der Waals surface area contributed by atoms with Crippen molar-refractivity contribution >= 4 is 29.2 Å². The third-order valence-corrected chi connectivity index (χ3v) is 4.06. The molecule has 0 aliphatic rings. The molecule has 1 atom stereocenters. The summed E-state index contributed by atoms with van der Waals surface area (Å²) in [6.07, 6.45) is 0.593. The van der Waals surface area contributed by atoms with Gasteiger partial charge >= 0.3 is 5.97 Å². The first kappa shape index (κ1) is 19.1. The van der Waals surface area contributed by atoms with Crippen LogP contribution in [0.2, 0.25) is 5.02 Å². The average Bonchev–Trinajstić information content (AvgIpc) is 2.47. The lowest BCUT2D eigenvalue weighted by atomic mass is 9.80. The third kappa shape index (κ3) is 5.32. The van der Waals surface area contributed by atoms with Gasteiger partial charge in [-0.3, -0.25) is 9.59 Å². The number of nitrogens with one attached hydrogen (secondary N) is 1. The van der Waals surface area contributed by atoms with Gasteiger partial charge in [0.05, 0.1) is 31.4 Å². The zero-order valence-electron chi connectivity index (χ0n) is 13.7. The molecule has 0 aliphatic heterocycles. The van der Waals surface area contributed by atoms with Gasteiger partial charge in [0, 0.05) is 18.6 Å². The molecule has 0 spiro atoms. The Hall–Kier alpha value is -1.95. The highest BCUT2D eigenvalue weighted by Gasteiger charge is 2.29. The van der Waals surface area contributed by atoms with Crippen molar-refractivity contribution in [2.75, 3.05) is 19.5 Å². The Labute approximate surface area is 140 Å². The van der Waals surface area contributed by atoms with Crippen molar-refractivity contribution in [3.05, 3.63) is 17.2 Å². The maximum atomic E-state index is 12.3. The van der Waals surface area contributed by atoms with Gasteiger partial charge in [-0.15, -0.1) is 0 Å². The lowest BCUT2D eigenvalue weighted by molar-refractivity contribution is -0.140. The minimum Gasteiger partial charge on any atom is -0.495 e. The fraction of sp³-hybridized carbons (Fsp3) is 0.500. The summed E-state index contributed by atoms with van der Waals surface area (Å²) in [6.45, 7) is 3.64. The minimum atomic E-state index is -0.923. The number of aliphatic carboxylic acids is 1. The Morgan fingerprint density at radius 3 is 2.30 bits per heavy atom. The molecular weight excluding hydrogens is 322 g/mol. The van der Waals surface area contributed by atoms with Crippen LogP contribution in [0.4, 0.5) is 5.69 Å². The SMILES string of the molecule is CC[C@@](C)(CC(=O)O)CC(=O)Nc1cc(OC)c(Cl)cc1OC. The number of benzene rings is 1. The van der Waals surface area contributed by atoms with Gasteiger partial charge in [-0.2, -0.15) is 0 Å². The maximum absolute atomic E-state index is 12.3. The molecule has 1 aromatic carbocycles. The van der Waals surface area contributed by atoms with Crippen LogP contribution < -0.4 is 14.8 Å². The first-order valence-electron chi connectivity index (χ1n) is 7.18. The molecule has 0 aromatic heterocycles. The molecular formula is C16H22ClNO5. The number of amides is 1. The first-order chi connectivity index (χ1) is 10.7. The molecule has 128 valence electrons. The Morgan fingerprint density at radius 1 is 1.22 bits per heavy atom. The molecule has 0 saturated carbocycles. The number of ether oxygens (including phenoxy) is 2. The van der Waals surface area contributed by atoms with E-state index in [0.29, 0.717) is 28.6 Å². The first-order valence-corrected chi connectivity index (χ1v) is 7.55. The van der Waals surface area contributed by atoms with Crippen LogP contribution in [0.15, 0.2) is 12.1 Å². The van der Waals surface area contributed by atoms with E-state index in [1.54, 1.807) is 19.1 Å². The Kier molecular flexibility index (Phi) is 6.69. The van der Waals surface area contributed by atoms with E-state index in [0.717, 1.165) is 0 Å². The fourth-order valence-corrected chi connectivity index (χ4v) is 2.45. The molecule has 0 bridgehead atoms. The summed E-state index contributed by atoms with van der Waals surface area (Å²) >= 11 is 6.02. The van der Waals surface area contributed by atoms with Crippen LogP contribution in [0.3, 0.4) is 0 Å². The Balaban J connectivity index is 2.94. The van der Waals surface area contributed by atoms with Gasteiger partial charge in [0.1, 0.15) is 11.5 Å². The second-order valence-corrected chi connectivity index (χ2v) is 6.05. The van der Waals surface area contributed by atoms with Crippen LogP contribution in [0.25, 0.3) is 0 Å². The number of carboxylic acids is 1. The second kappa shape index (κ2) is 8.06. The van der Waals surface area contributed by atoms with E-state index in [4.69, 9.17) is 26.2 Å². The molecule has 1 aromatic rings. The van der Waals surface area contributed by atoms with Crippen LogP contribution in [-0.4, -0.2) is 31.2 Å². The number of carbonyl (C=O) groups excluding carboxylic acids is 1. The number of hydrogen-bond acceptors (Lipinski definition) is 4. The molecule has 0 unspecified atom stereocenters. The van der Waals surface area contributed by atoms with E-state index in [9.17, 15) is 9.59 Å². The molecule has 6 nitrogen and oxygen atoms in total. The monoisotopic (exact) mass is 343 g/mol. The van der Waals surface area contributed by atoms with Gasteiger partial charge < -0.3 is 19.9 Å². The van der Waals surface area contributed by atoms with Gasteiger partial charge in [-0.25, -0.2) is 0 Å². The largest absolute Gasteiger partial charge is 0.495 e. The molecule has 0 saturated heterocycles. The van der Waals surface area contributed by atoms with Gasteiger partial charge in [-0.1, -0.05) is 25.4 Å². The summed E-state index contributed by atoms with van der Waals surface area (Å²) in [5, 5.41) is 12.1. The van der Waals surface area contributed by atoms with Crippen molar-refractivity contribution in [3.63, 3.8) is 0 Å². The molecule has 2 N–H and O–H groups in total. The third-order valence-electron chi connectivity index (χ3n) is 3.77. The predicted octanol–water partition coefficient (Wildman–Crippen LogP) is 3.58. The van der Waals surface area contributed by atoms with Crippen LogP contribution in [0.5, 0.6) is 11.5 Å². The molecule has 7 heteroatoms. The second-order valence-electron chi connectivity index (χ2n) is 5.65. The topological polar surface area (TPSA) is 84.9 Å². The average molecular weight is 344 g/mol. The summed E-state index contributed by atoms with van der Waals surface area (Å²) in [6, 6.07) is 3.12. The van der Waals surface area contributed by atoms with Gasteiger partial charge in [0.25, 0.3) is 0 Å². The fourth-order valence-electron chi connectivity index (χ4n) is 2.22. The number of rotatable bonds is 8. The summed E-state index contributed by atoms with van der Waals surface area (Å²) in [5.74, 6) is -0.404. The smallest absolute Gasteiger partial charge is 0.303 e. The highest BCUT2D eigenvalue weighted by Crippen LogP contribution is 2.37. The van der Waals surface area contributed by atoms with Gasteiger partial charge in [0.15, 0.2) is 0 Å². The van der Waals surface area contributed by atoms with E-state index >= 15 is 0 Å². The summed E-state index contributed by atoms with van der Waals surface area (Å²) in [5.41, 5.74) is -0.188. The standard InChI is InChI=1S/C16H22ClNO5/c1-5-16(2,9-15(20)21)8-14(19)18-11-7-12(22-3)10(17)6-13(11)23-4/h6-7H,5,8-9H2,1-4H3,(H,18,19)(H,20,21)/t16-/m1/s1. The number of carboxylic acid groups (broad SMARTS) is 1. The van der Waals surface area contributed by atoms with Crippen LogP contribution in [-0.2, 0) is 9.59 Å². The number of anilines is 1. The molecule has 0 heterocycles. The van der Waals surface area contributed by atoms with Gasteiger partial charge in [-0.05, 0) is 11.8 Å². The van der Waals surface area contributed by atoms with Crippen molar-refractivity contribution in [2.24, 2.45) is 5.41 Å².